The molecule has 0 aliphatic heterocycles. The summed E-state index contributed by atoms with van der Waals surface area (Å²) in [7, 11) is 2.84. The Morgan fingerprint density at radius 3 is 2.59 bits per heavy atom. The maximum atomic E-state index is 13.0. The minimum absolute atomic E-state index is 0.0579. The van der Waals surface area contributed by atoms with Crippen LogP contribution >= 0.6 is 11.3 Å². The van der Waals surface area contributed by atoms with E-state index in [0.29, 0.717) is 5.75 Å². The van der Waals surface area contributed by atoms with Crippen molar-refractivity contribution in [3.63, 3.8) is 0 Å². The molecule has 10 nitrogen and oxygen atoms in total. The highest BCUT2D eigenvalue weighted by Gasteiger charge is 2.18. The van der Waals surface area contributed by atoms with E-state index in [1.165, 1.54) is 44.6 Å². The van der Waals surface area contributed by atoms with Gasteiger partial charge in [0.15, 0.2) is 5.75 Å². The van der Waals surface area contributed by atoms with Gasteiger partial charge >= 0.3 is 5.69 Å². The van der Waals surface area contributed by atoms with Crippen molar-refractivity contribution in [2.24, 2.45) is 0 Å². The summed E-state index contributed by atoms with van der Waals surface area (Å²) in [5, 5.41) is 12.1. The zero-order valence-corrected chi connectivity index (χ0v) is 17.9. The highest BCUT2D eigenvalue weighted by Crippen LogP contribution is 2.25. The van der Waals surface area contributed by atoms with Gasteiger partial charge in [0.25, 0.3) is 17.3 Å². The van der Waals surface area contributed by atoms with Crippen molar-refractivity contribution < 1.29 is 19.4 Å². The Hall–Kier alpha value is -4.12. The van der Waals surface area contributed by atoms with Gasteiger partial charge in [0, 0.05) is 6.54 Å². The average Bonchev–Trinajstić information content (AvgIpc) is 3.22. The van der Waals surface area contributed by atoms with Crippen LogP contribution in [0.4, 0.5) is 0 Å². The maximum Gasteiger partial charge on any atom is 0.334 e. The minimum Gasteiger partial charge on any atom is -0.508 e. The normalized spacial score (nSPS) is 10.8. The van der Waals surface area contributed by atoms with Crippen LogP contribution in [0.1, 0.15) is 15.2 Å². The van der Waals surface area contributed by atoms with Crippen molar-refractivity contribution in [3.8, 4) is 23.2 Å². The summed E-state index contributed by atoms with van der Waals surface area (Å²) in [6.07, 6.45) is 0. The predicted octanol–water partition coefficient (Wildman–Crippen LogP) is 1.79. The number of methoxy groups -OCH3 is 2. The second kappa shape index (κ2) is 8.55. The number of aromatic amines is 1. The molecular weight excluding hydrogens is 436 g/mol. The van der Waals surface area contributed by atoms with E-state index in [2.05, 4.69) is 15.3 Å². The molecule has 1 amide bonds. The number of aromatic hydroxyl groups is 1. The molecule has 1 aromatic carbocycles. The number of nitrogens with one attached hydrogen (secondary N) is 2. The number of rotatable bonds is 6. The molecule has 164 valence electrons. The van der Waals surface area contributed by atoms with Crippen LogP contribution in [0.3, 0.4) is 0 Å². The number of thiophene rings is 1. The molecule has 0 unspecified atom stereocenters. The third kappa shape index (κ3) is 3.93. The van der Waals surface area contributed by atoms with Gasteiger partial charge in [0.2, 0.25) is 0 Å². The summed E-state index contributed by atoms with van der Waals surface area (Å²) >= 11 is 0.966. The number of fused-ring (bicyclic) bond motifs is 1. The Bertz CT molecular complexity index is 1420. The van der Waals surface area contributed by atoms with Gasteiger partial charge in [-0.3, -0.25) is 9.59 Å². The second-order valence-electron chi connectivity index (χ2n) is 6.65. The Kier molecular flexibility index (Phi) is 5.65. The van der Waals surface area contributed by atoms with Crippen LogP contribution < -0.4 is 26.0 Å². The Morgan fingerprint density at radius 2 is 1.91 bits per heavy atom. The fourth-order valence-electron chi connectivity index (χ4n) is 3.05. The third-order valence-electron chi connectivity index (χ3n) is 4.64. The van der Waals surface area contributed by atoms with Crippen LogP contribution in [0.5, 0.6) is 17.4 Å². The first-order valence-electron chi connectivity index (χ1n) is 9.35. The zero-order chi connectivity index (χ0) is 22.8. The molecule has 0 aliphatic carbocycles. The van der Waals surface area contributed by atoms with Crippen LogP contribution in [0, 0.1) is 0 Å². The number of pyridine rings is 1. The van der Waals surface area contributed by atoms with E-state index in [9.17, 15) is 19.5 Å². The number of carbonyl (C=O) groups excluding carboxylic acids is 1. The Labute approximate surface area is 184 Å². The fraction of sp³-hybridized carbons (Fsp3) is 0.143. The summed E-state index contributed by atoms with van der Waals surface area (Å²) < 4.78 is 11.4. The first kappa shape index (κ1) is 21.1. The summed E-state index contributed by atoms with van der Waals surface area (Å²) in [6, 6.07) is 10.9. The fourth-order valence-corrected chi connectivity index (χ4v) is 4.01. The van der Waals surface area contributed by atoms with E-state index in [4.69, 9.17) is 9.47 Å². The molecule has 4 aromatic rings. The number of amides is 1. The second-order valence-corrected chi connectivity index (χ2v) is 7.71. The third-order valence-corrected chi connectivity index (χ3v) is 5.76. The predicted molar refractivity (Wildman–Crippen MR) is 118 cm³/mol. The quantitative estimate of drug-likeness (QED) is 0.404. The first-order valence-corrected chi connectivity index (χ1v) is 10.2. The van der Waals surface area contributed by atoms with Gasteiger partial charge in [-0.1, -0.05) is 12.1 Å². The molecule has 0 saturated carbocycles. The van der Waals surface area contributed by atoms with Gasteiger partial charge in [-0.15, -0.1) is 11.3 Å². The molecule has 0 aliphatic rings. The van der Waals surface area contributed by atoms with E-state index in [1.54, 1.807) is 12.1 Å². The summed E-state index contributed by atoms with van der Waals surface area (Å²) in [6.45, 7) is 0.240. The van der Waals surface area contributed by atoms with Crippen LogP contribution in [0.15, 0.2) is 52.1 Å². The number of hydrogen-bond acceptors (Lipinski definition) is 8. The number of benzene rings is 1. The van der Waals surface area contributed by atoms with Crippen molar-refractivity contribution in [2.75, 3.05) is 14.2 Å². The molecule has 0 radical (unpaired) electrons. The van der Waals surface area contributed by atoms with Crippen LogP contribution in [-0.2, 0) is 6.54 Å². The Balaban J connectivity index is 1.67. The lowest BCUT2D eigenvalue weighted by Gasteiger charge is -2.09. The number of ether oxygens (including phenoxy) is 2. The van der Waals surface area contributed by atoms with Crippen molar-refractivity contribution in [2.45, 2.75) is 6.54 Å². The molecule has 3 heterocycles. The number of phenolic OH excluding ortho intramolecular Hbond substituents is 1. The van der Waals surface area contributed by atoms with Crippen LogP contribution in [0.2, 0.25) is 0 Å². The number of aromatic nitrogens is 3. The van der Waals surface area contributed by atoms with E-state index >= 15 is 0 Å². The zero-order valence-electron chi connectivity index (χ0n) is 17.0. The largest absolute Gasteiger partial charge is 0.508 e. The van der Waals surface area contributed by atoms with Gasteiger partial charge < -0.3 is 24.9 Å². The van der Waals surface area contributed by atoms with Gasteiger partial charge in [-0.05, 0) is 35.9 Å². The molecular formula is C21H18N4O6S. The number of H-pyrrole nitrogens is 1. The van der Waals surface area contributed by atoms with Crippen molar-refractivity contribution in [1.29, 1.82) is 0 Å². The van der Waals surface area contributed by atoms with E-state index < -0.39 is 17.2 Å². The smallest absolute Gasteiger partial charge is 0.334 e. The van der Waals surface area contributed by atoms with E-state index in [-0.39, 0.29) is 39.1 Å². The lowest BCUT2D eigenvalue weighted by atomic mass is 10.2. The average molecular weight is 454 g/mol. The topological polar surface area (TPSA) is 136 Å². The number of hydrogen-bond donors (Lipinski definition) is 3. The molecule has 32 heavy (non-hydrogen) atoms. The first-order chi connectivity index (χ1) is 15.4. The summed E-state index contributed by atoms with van der Waals surface area (Å²) in [5.41, 5.74) is -0.244. The molecule has 3 N–H and O–H groups in total. The number of phenols is 1. The lowest BCUT2D eigenvalue weighted by molar-refractivity contribution is 0.0955. The van der Waals surface area contributed by atoms with Crippen molar-refractivity contribution in [3.05, 3.63) is 73.7 Å². The summed E-state index contributed by atoms with van der Waals surface area (Å²) in [5.74, 6) is 0.272. The van der Waals surface area contributed by atoms with Crippen LogP contribution in [0.25, 0.3) is 16.0 Å². The van der Waals surface area contributed by atoms with Crippen molar-refractivity contribution in [1.82, 2.24) is 19.9 Å². The molecule has 0 spiro atoms. The van der Waals surface area contributed by atoms with Gasteiger partial charge in [0.1, 0.15) is 16.3 Å². The number of nitrogens with zero attached hydrogens (tertiary/aromatic N) is 2. The number of carbonyl (C=O) groups is 1. The van der Waals surface area contributed by atoms with E-state index in [0.717, 1.165) is 21.5 Å². The molecule has 0 fully saturated rings. The molecule has 0 saturated heterocycles. The van der Waals surface area contributed by atoms with Gasteiger partial charge in [0.05, 0.1) is 24.6 Å². The summed E-state index contributed by atoms with van der Waals surface area (Å²) in [4.78, 5) is 45.3. The monoisotopic (exact) mass is 454 g/mol. The minimum atomic E-state index is -0.698. The molecule has 3 aromatic heterocycles. The molecule has 0 atom stereocenters. The Morgan fingerprint density at radius 1 is 1.16 bits per heavy atom. The lowest BCUT2D eigenvalue weighted by Crippen LogP contribution is -2.33. The van der Waals surface area contributed by atoms with Gasteiger partial charge in [-0.25, -0.2) is 9.36 Å². The van der Waals surface area contributed by atoms with Gasteiger partial charge in [-0.2, -0.15) is 4.98 Å². The molecule has 11 heteroatoms. The van der Waals surface area contributed by atoms with E-state index in [1.807, 2.05) is 0 Å². The van der Waals surface area contributed by atoms with Crippen molar-refractivity contribution >= 4 is 27.5 Å². The standard InChI is InChI=1S/C21H18N4O6S/c1-30-14-7-8-16(24-19(14)31-2)25-20(28)17-13(23-21(25)29)9-15(32-17)18(27)22-10-11-3-5-12(26)6-4-11/h3-9,26H,10H2,1-2H3,(H,22,27)(H,23,29). The SMILES string of the molecule is COc1ccc(-n2c(=O)[nH]c3cc(C(=O)NCc4ccc(O)cc4)sc3c2=O)nc1OC. The highest BCUT2D eigenvalue weighted by molar-refractivity contribution is 7.20. The highest BCUT2D eigenvalue weighted by atomic mass is 32.1. The molecule has 0 bridgehead atoms. The van der Waals surface area contributed by atoms with Crippen LogP contribution in [-0.4, -0.2) is 39.8 Å². The maximum absolute atomic E-state index is 13.0. The molecule has 4 rings (SSSR count).